The van der Waals surface area contributed by atoms with Crippen molar-refractivity contribution >= 4 is 10.0 Å². The van der Waals surface area contributed by atoms with Gasteiger partial charge in [-0.2, -0.15) is 9.57 Å². The quantitative estimate of drug-likeness (QED) is 0.851. The highest BCUT2D eigenvalue weighted by atomic mass is 32.2. The van der Waals surface area contributed by atoms with E-state index in [2.05, 4.69) is 0 Å². The first-order chi connectivity index (χ1) is 10.4. The van der Waals surface area contributed by atoms with Gasteiger partial charge in [-0.05, 0) is 43.7 Å². The molecule has 0 aliphatic rings. The van der Waals surface area contributed by atoms with E-state index in [1.165, 1.54) is 28.6 Å². The first-order valence-electron chi connectivity index (χ1n) is 7.01. The Morgan fingerprint density at radius 2 is 1.64 bits per heavy atom. The Hall–Kier alpha value is -2.16. The van der Waals surface area contributed by atoms with Gasteiger partial charge in [-0.3, -0.25) is 0 Å². The van der Waals surface area contributed by atoms with E-state index >= 15 is 0 Å². The van der Waals surface area contributed by atoms with Crippen molar-refractivity contribution in [3.8, 4) is 6.07 Å². The highest BCUT2D eigenvalue weighted by Crippen LogP contribution is 2.21. The highest BCUT2D eigenvalue weighted by Gasteiger charge is 2.27. The normalized spacial score (nSPS) is 11.6. The van der Waals surface area contributed by atoms with E-state index in [1.807, 2.05) is 50.2 Å². The Morgan fingerprint density at radius 1 is 1.05 bits per heavy atom. The molecule has 5 heteroatoms. The van der Waals surface area contributed by atoms with Gasteiger partial charge in [0.15, 0.2) is 0 Å². The van der Waals surface area contributed by atoms with Gasteiger partial charge >= 0.3 is 0 Å². The van der Waals surface area contributed by atoms with Crippen molar-refractivity contribution in [3.63, 3.8) is 0 Å². The lowest BCUT2D eigenvalue weighted by molar-refractivity contribution is 0.348. The Morgan fingerprint density at radius 3 is 2.14 bits per heavy atom. The van der Waals surface area contributed by atoms with Crippen molar-refractivity contribution in [2.45, 2.75) is 31.3 Å². The predicted molar refractivity (Wildman–Crippen MR) is 85.5 cm³/mol. The van der Waals surface area contributed by atoms with Crippen LogP contribution in [0.3, 0.4) is 0 Å². The van der Waals surface area contributed by atoms with Crippen molar-refractivity contribution in [2.75, 3.05) is 0 Å². The summed E-state index contributed by atoms with van der Waals surface area (Å²) in [4.78, 5) is 0.205. The molecule has 114 valence electrons. The molecule has 0 fully saturated rings. The van der Waals surface area contributed by atoms with Gasteiger partial charge in [0, 0.05) is 12.6 Å². The second-order valence-electron chi connectivity index (χ2n) is 5.27. The largest absolute Gasteiger partial charge is 0.243 e. The number of rotatable bonds is 5. The summed E-state index contributed by atoms with van der Waals surface area (Å²) >= 11 is 0. The Kier molecular flexibility index (Phi) is 4.96. The molecule has 0 spiro atoms. The van der Waals surface area contributed by atoms with Crippen molar-refractivity contribution in [1.29, 1.82) is 5.26 Å². The molecule has 22 heavy (non-hydrogen) atoms. The molecule has 0 atom stereocenters. The van der Waals surface area contributed by atoms with E-state index < -0.39 is 10.0 Å². The summed E-state index contributed by atoms with van der Waals surface area (Å²) in [5.41, 5.74) is 1.38. The smallest absolute Gasteiger partial charge is 0.207 e. The fourth-order valence-electron chi connectivity index (χ4n) is 2.15. The molecule has 2 aromatic rings. The molecule has 0 bridgehead atoms. The molecule has 0 saturated carbocycles. The zero-order valence-electron chi connectivity index (χ0n) is 12.6. The molecule has 0 aromatic heterocycles. The third-order valence-corrected chi connectivity index (χ3v) is 5.38. The molecular formula is C17H18N2O2S. The summed E-state index contributed by atoms with van der Waals surface area (Å²) in [5.74, 6) is 0. The second kappa shape index (κ2) is 6.73. The van der Waals surface area contributed by atoms with E-state index in [0.717, 1.165) is 5.56 Å². The summed E-state index contributed by atoms with van der Waals surface area (Å²) in [7, 11) is -3.60. The Balaban J connectivity index is 2.35. The molecule has 0 aliphatic carbocycles. The van der Waals surface area contributed by atoms with Gasteiger partial charge < -0.3 is 0 Å². The third-order valence-electron chi connectivity index (χ3n) is 3.35. The standard InChI is InChI=1S/C17H18N2O2S/c1-14(2)19(13-16-6-4-3-5-7-16)22(20,21)17-10-8-15(12-18)9-11-17/h3-11,14H,13H2,1-2H3. The summed E-state index contributed by atoms with van der Waals surface area (Å²) in [5, 5.41) is 8.81. The van der Waals surface area contributed by atoms with Gasteiger partial charge in [0.25, 0.3) is 0 Å². The van der Waals surface area contributed by atoms with Crippen LogP contribution in [0.4, 0.5) is 0 Å². The first-order valence-corrected chi connectivity index (χ1v) is 8.45. The molecule has 0 amide bonds. The molecule has 0 radical (unpaired) electrons. The van der Waals surface area contributed by atoms with Crippen LogP contribution in [-0.4, -0.2) is 18.8 Å². The number of hydrogen-bond donors (Lipinski definition) is 0. The lowest BCUT2D eigenvalue weighted by atomic mass is 10.2. The van der Waals surface area contributed by atoms with Gasteiger partial charge in [-0.25, -0.2) is 8.42 Å². The van der Waals surface area contributed by atoms with E-state index in [-0.39, 0.29) is 10.9 Å². The van der Waals surface area contributed by atoms with E-state index in [4.69, 9.17) is 5.26 Å². The lowest BCUT2D eigenvalue weighted by Crippen LogP contribution is -2.36. The van der Waals surface area contributed by atoms with Crippen molar-refractivity contribution in [2.24, 2.45) is 0 Å². The highest BCUT2D eigenvalue weighted by molar-refractivity contribution is 7.89. The first kappa shape index (κ1) is 16.2. The number of benzene rings is 2. The SMILES string of the molecule is CC(C)N(Cc1ccccc1)S(=O)(=O)c1ccc(C#N)cc1. The van der Waals surface area contributed by atoms with E-state index in [0.29, 0.717) is 12.1 Å². The van der Waals surface area contributed by atoms with Crippen LogP contribution < -0.4 is 0 Å². The van der Waals surface area contributed by atoms with Crippen LogP contribution in [-0.2, 0) is 16.6 Å². The summed E-state index contributed by atoms with van der Waals surface area (Å²) < 4.78 is 27.1. The average molecular weight is 314 g/mol. The van der Waals surface area contributed by atoms with Gasteiger partial charge in [-0.1, -0.05) is 30.3 Å². The minimum absolute atomic E-state index is 0.166. The third kappa shape index (κ3) is 3.53. The van der Waals surface area contributed by atoms with Crippen LogP contribution in [0.2, 0.25) is 0 Å². The zero-order valence-corrected chi connectivity index (χ0v) is 13.4. The molecular weight excluding hydrogens is 296 g/mol. The number of sulfonamides is 1. The fourth-order valence-corrected chi connectivity index (χ4v) is 3.77. The average Bonchev–Trinajstić information content (AvgIpc) is 2.53. The monoisotopic (exact) mass is 314 g/mol. The predicted octanol–water partition coefficient (Wildman–Crippen LogP) is 3.16. The Labute approximate surface area is 131 Å². The summed E-state index contributed by atoms with van der Waals surface area (Å²) in [6.07, 6.45) is 0. The number of nitriles is 1. The van der Waals surface area contributed by atoms with Crippen LogP contribution in [0.25, 0.3) is 0 Å². The topological polar surface area (TPSA) is 61.2 Å². The van der Waals surface area contributed by atoms with Crippen molar-refractivity contribution < 1.29 is 8.42 Å². The zero-order chi connectivity index (χ0) is 16.2. The van der Waals surface area contributed by atoms with E-state index in [9.17, 15) is 8.42 Å². The lowest BCUT2D eigenvalue weighted by Gasteiger charge is -2.26. The maximum absolute atomic E-state index is 12.8. The summed E-state index contributed by atoms with van der Waals surface area (Å²) in [6, 6.07) is 17.3. The number of hydrogen-bond acceptors (Lipinski definition) is 3. The van der Waals surface area contributed by atoms with Gasteiger partial charge in [0.2, 0.25) is 10.0 Å². The van der Waals surface area contributed by atoms with Gasteiger partial charge in [-0.15, -0.1) is 0 Å². The minimum Gasteiger partial charge on any atom is -0.207 e. The molecule has 2 aromatic carbocycles. The molecule has 0 heterocycles. The molecule has 0 saturated heterocycles. The minimum atomic E-state index is -3.60. The second-order valence-corrected chi connectivity index (χ2v) is 7.16. The number of nitrogens with zero attached hydrogens (tertiary/aromatic N) is 2. The molecule has 4 nitrogen and oxygen atoms in total. The molecule has 0 aliphatic heterocycles. The van der Waals surface area contributed by atoms with Gasteiger partial charge in [0.1, 0.15) is 0 Å². The van der Waals surface area contributed by atoms with Crippen LogP contribution in [0, 0.1) is 11.3 Å². The van der Waals surface area contributed by atoms with Crippen LogP contribution in [0.15, 0.2) is 59.5 Å². The van der Waals surface area contributed by atoms with Gasteiger partial charge in [0.05, 0.1) is 16.5 Å². The van der Waals surface area contributed by atoms with E-state index in [1.54, 1.807) is 0 Å². The molecule has 2 rings (SSSR count). The van der Waals surface area contributed by atoms with Crippen molar-refractivity contribution in [1.82, 2.24) is 4.31 Å². The van der Waals surface area contributed by atoms with Crippen LogP contribution >= 0.6 is 0 Å². The van der Waals surface area contributed by atoms with Crippen LogP contribution in [0.5, 0.6) is 0 Å². The maximum atomic E-state index is 12.8. The molecule has 0 N–H and O–H groups in total. The fraction of sp³-hybridized carbons (Fsp3) is 0.235. The van der Waals surface area contributed by atoms with Crippen molar-refractivity contribution in [3.05, 3.63) is 65.7 Å². The Bertz CT molecular complexity index is 761. The maximum Gasteiger partial charge on any atom is 0.243 e. The summed E-state index contributed by atoms with van der Waals surface area (Å²) in [6.45, 7) is 4.02. The van der Waals surface area contributed by atoms with Crippen LogP contribution in [0.1, 0.15) is 25.0 Å². The molecule has 0 unspecified atom stereocenters.